The summed E-state index contributed by atoms with van der Waals surface area (Å²) < 4.78 is 3.64. The number of hydrogen-bond acceptors (Lipinski definition) is 4. The number of nitrogens with zero attached hydrogens (tertiary/aromatic N) is 5. The zero-order valence-corrected chi connectivity index (χ0v) is 17.0. The van der Waals surface area contributed by atoms with Gasteiger partial charge in [-0.25, -0.2) is 4.79 Å². The van der Waals surface area contributed by atoms with Crippen LogP contribution in [0.15, 0.2) is 18.5 Å². The van der Waals surface area contributed by atoms with Gasteiger partial charge in [0.1, 0.15) is 0 Å². The fraction of sp³-hybridized carbons (Fsp3) is 0.579. The summed E-state index contributed by atoms with van der Waals surface area (Å²) >= 11 is 0. The van der Waals surface area contributed by atoms with E-state index in [4.69, 9.17) is 0 Å². The van der Waals surface area contributed by atoms with Gasteiger partial charge in [0, 0.05) is 31.3 Å². The Morgan fingerprint density at radius 1 is 1.29 bits per heavy atom. The van der Waals surface area contributed by atoms with Crippen LogP contribution in [-0.4, -0.2) is 42.9 Å². The Balaban J connectivity index is 1.54. The highest BCUT2D eigenvalue weighted by Gasteiger charge is 2.24. The second-order valence-electron chi connectivity index (χ2n) is 7.50. The fourth-order valence-corrected chi connectivity index (χ4v) is 3.39. The summed E-state index contributed by atoms with van der Waals surface area (Å²) in [5.74, 6) is 0.151. The Kier molecular flexibility index (Phi) is 6.01. The van der Waals surface area contributed by atoms with E-state index in [0.717, 1.165) is 23.4 Å². The molecule has 0 bridgehead atoms. The summed E-state index contributed by atoms with van der Waals surface area (Å²) in [6.45, 7) is 8.10. The number of aryl methyl sites for hydroxylation is 1. The van der Waals surface area contributed by atoms with Gasteiger partial charge >= 0.3 is 6.03 Å². The van der Waals surface area contributed by atoms with Gasteiger partial charge in [-0.2, -0.15) is 10.2 Å². The second kappa shape index (κ2) is 8.45. The summed E-state index contributed by atoms with van der Waals surface area (Å²) in [5.41, 5.74) is 2.77. The van der Waals surface area contributed by atoms with Crippen molar-refractivity contribution in [1.82, 2.24) is 35.1 Å². The number of rotatable bonds is 6. The predicted octanol–water partition coefficient (Wildman–Crippen LogP) is 1.57. The van der Waals surface area contributed by atoms with Crippen LogP contribution in [-0.2, 0) is 31.5 Å². The highest BCUT2D eigenvalue weighted by molar-refractivity contribution is 5.78. The molecular weight excluding hydrogens is 358 g/mol. The molecule has 0 radical (unpaired) electrons. The van der Waals surface area contributed by atoms with Crippen LogP contribution in [0, 0.1) is 5.92 Å². The van der Waals surface area contributed by atoms with Crippen LogP contribution < -0.4 is 10.6 Å². The number of amides is 3. The lowest BCUT2D eigenvalue weighted by Crippen LogP contribution is -2.40. The SMILES string of the molecule is CCC(NC(=O)NCc1cc2n(n1)CCN(C(=O)C(C)C)C2)c1cnn(C)c1. The van der Waals surface area contributed by atoms with Gasteiger partial charge in [-0.3, -0.25) is 14.2 Å². The van der Waals surface area contributed by atoms with Crippen molar-refractivity contribution in [3.63, 3.8) is 0 Å². The van der Waals surface area contributed by atoms with Crippen molar-refractivity contribution in [2.24, 2.45) is 13.0 Å². The first-order chi connectivity index (χ1) is 13.4. The standard InChI is InChI=1S/C19H29N7O2/c1-5-17(14-9-21-24(4)11-14)22-19(28)20-10-15-8-16-12-25(18(27)13(2)3)6-7-26(16)23-15/h8-9,11,13,17H,5-7,10,12H2,1-4H3,(H2,20,22,28). The number of carbonyl (C=O) groups is 2. The summed E-state index contributed by atoms with van der Waals surface area (Å²) in [5, 5.41) is 14.5. The maximum Gasteiger partial charge on any atom is 0.315 e. The summed E-state index contributed by atoms with van der Waals surface area (Å²) in [4.78, 5) is 26.4. The Labute approximate surface area is 165 Å². The molecule has 3 heterocycles. The van der Waals surface area contributed by atoms with Crippen LogP contribution in [0.25, 0.3) is 0 Å². The maximum absolute atomic E-state index is 12.3. The monoisotopic (exact) mass is 387 g/mol. The number of carbonyl (C=O) groups excluding carboxylic acids is 2. The van der Waals surface area contributed by atoms with Gasteiger partial charge in [-0.05, 0) is 12.5 Å². The fourth-order valence-electron chi connectivity index (χ4n) is 3.39. The topological polar surface area (TPSA) is 97.1 Å². The number of nitrogens with one attached hydrogen (secondary N) is 2. The largest absolute Gasteiger partial charge is 0.335 e. The number of urea groups is 1. The van der Waals surface area contributed by atoms with Crippen molar-refractivity contribution in [2.75, 3.05) is 6.54 Å². The molecule has 0 saturated carbocycles. The highest BCUT2D eigenvalue weighted by atomic mass is 16.2. The van der Waals surface area contributed by atoms with Crippen LogP contribution >= 0.6 is 0 Å². The van der Waals surface area contributed by atoms with Crippen molar-refractivity contribution in [3.8, 4) is 0 Å². The third-order valence-electron chi connectivity index (χ3n) is 4.92. The summed E-state index contributed by atoms with van der Waals surface area (Å²) in [6, 6.07) is 1.64. The molecule has 1 aliphatic heterocycles. The van der Waals surface area contributed by atoms with E-state index in [2.05, 4.69) is 20.8 Å². The molecule has 1 atom stereocenters. The minimum Gasteiger partial charge on any atom is -0.335 e. The molecule has 28 heavy (non-hydrogen) atoms. The zero-order valence-electron chi connectivity index (χ0n) is 17.0. The minimum absolute atomic E-state index is 0.00868. The van der Waals surface area contributed by atoms with Gasteiger partial charge in [0.15, 0.2) is 0 Å². The van der Waals surface area contributed by atoms with Crippen molar-refractivity contribution < 1.29 is 9.59 Å². The van der Waals surface area contributed by atoms with Crippen LogP contribution in [0.4, 0.5) is 4.79 Å². The molecule has 1 unspecified atom stereocenters. The van der Waals surface area contributed by atoms with Gasteiger partial charge in [0.05, 0.1) is 43.3 Å². The van der Waals surface area contributed by atoms with Gasteiger partial charge < -0.3 is 15.5 Å². The molecule has 152 valence electrons. The Morgan fingerprint density at radius 2 is 2.07 bits per heavy atom. The second-order valence-corrected chi connectivity index (χ2v) is 7.50. The van der Waals surface area contributed by atoms with E-state index in [1.54, 1.807) is 10.9 Å². The van der Waals surface area contributed by atoms with E-state index in [-0.39, 0.29) is 23.9 Å². The molecule has 2 aromatic rings. The summed E-state index contributed by atoms with van der Waals surface area (Å²) in [6.07, 6.45) is 4.45. The first-order valence-corrected chi connectivity index (χ1v) is 9.74. The third kappa shape index (κ3) is 4.52. The van der Waals surface area contributed by atoms with E-state index in [9.17, 15) is 9.59 Å². The van der Waals surface area contributed by atoms with Crippen LogP contribution in [0.1, 0.15) is 50.2 Å². The van der Waals surface area contributed by atoms with E-state index in [1.165, 1.54) is 0 Å². The van der Waals surface area contributed by atoms with Crippen molar-refractivity contribution in [3.05, 3.63) is 35.4 Å². The van der Waals surface area contributed by atoms with Crippen LogP contribution in [0.2, 0.25) is 0 Å². The molecule has 0 spiro atoms. The summed E-state index contributed by atoms with van der Waals surface area (Å²) in [7, 11) is 1.85. The highest BCUT2D eigenvalue weighted by Crippen LogP contribution is 2.17. The molecule has 3 rings (SSSR count). The maximum atomic E-state index is 12.3. The molecule has 0 aliphatic carbocycles. The van der Waals surface area contributed by atoms with Gasteiger partial charge in [-0.15, -0.1) is 0 Å². The van der Waals surface area contributed by atoms with E-state index < -0.39 is 0 Å². The van der Waals surface area contributed by atoms with Gasteiger partial charge in [0.25, 0.3) is 0 Å². The number of hydrogen-bond donors (Lipinski definition) is 2. The minimum atomic E-state index is -0.238. The molecular formula is C19H29N7O2. The van der Waals surface area contributed by atoms with E-state index in [0.29, 0.717) is 26.2 Å². The predicted molar refractivity (Wildman–Crippen MR) is 104 cm³/mol. The van der Waals surface area contributed by atoms with Crippen LogP contribution in [0.5, 0.6) is 0 Å². The Bertz CT molecular complexity index is 839. The molecule has 2 N–H and O–H groups in total. The average Bonchev–Trinajstić information content (AvgIpc) is 3.28. The third-order valence-corrected chi connectivity index (χ3v) is 4.92. The molecule has 2 aromatic heterocycles. The molecule has 0 aromatic carbocycles. The normalized spacial score (nSPS) is 14.7. The molecule has 9 heteroatoms. The number of fused-ring (bicyclic) bond motifs is 1. The van der Waals surface area contributed by atoms with Crippen molar-refractivity contribution in [2.45, 2.75) is 52.9 Å². The van der Waals surface area contributed by atoms with Gasteiger partial charge in [0.2, 0.25) is 5.91 Å². The quantitative estimate of drug-likeness (QED) is 0.786. The smallest absolute Gasteiger partial charge is 0.315 e. The molecule has 1 aliphatic rings. The molecule has 0 saturated heterocycles. The first-order valence-electron chi connectivity index (χ1n) is 9.74. The lowest BCUT2D eigenvalue weighted by atomic mass is 10.1. The molecule has 9 nitrogen and oxygen atoms in total. The van der Waals surface area contributed by atoms with Crippen molar-refractivity contribution in [1.29, 1.82) is 0 Å². The molecule has 3 amide bonds. The zero-order chi connectivity index (χ0) is 20.3. The van der Waals surface area contributed by atoms with E-state index >= 15 is 0 Å². The van der Waals surface area contributed by atoms with Crippen LogP contribution in [0.3, 0.4) is 0 Å². The average molecular weight is 387 g/mol. The lowest BCUT2D eigenvalue weighted by molar-refractivity contribution is -0.136. The van der Waals surface area contributed by atoms with E-state index in [1.807, 2.05) is 49.7 Å². The van der Waals surface area contributed by atoms with Crippen molar-refractivity contribution >= 4 is 11.9 Å². The first kappa shape index (κ1) is 19.9. The lowest BCUT2D eigenvalue weighted by Gasteiger charge is -2.29. The Hall–Kier alpha value is -2.84. The molecule has 0 fully saturated rings. The number of aromatic nitrogens is 4. The van der Waals surface area contributed by atoms with Gasteiger partial charge in [-0.1, -0.05) is 20.8 Å². The Morgan fingerprint density at radius 3 is 2.71 bits per heavy atom.